The zero-order valence-electron chi connectivity index (χ0n) is 14.1. The number of carboxylic acid groups (broad SMARTS) is 1. The van der Waals surface area contributed by atoms with Crippen molar-refractivity contribution in [2.24, 2.45) is 0 Å². The third-order valence-electron chi connectivity index (χ3n) is 3.50. The predicted molar refractivity (Wildman–Crippen MR) is 88.1 cm³/mol. The summed E-state index contributed by atoms with van der Waals surface area (Å²) in [6.07, 6.45) is 3.02. The number of carbonyl (C=O) groups excluding carboxylic acids is 1. The summed E-state index contributed by atoms with van der Waals surface area (Å²) in [5, 5.41) is 16.1. The highest BCUT2D eigenvalue weighted by Gasteiger charge is 2.24. The molecule has 2 N–H and O–H groups in total. The number of nitrogens with one attached hydrogen (secondary N) is 1. The molecule has 7 heteroatoms. The molecule has 7 nitrogen and oxygen atoms in total. The summed E-state index contributed by atoms with van der Waals surface area (Å²) >= 11 is 0. The second-order valence-corrected chi connectivity index (χ2v) is 6.36. The fourth-order valence-electron chi connectivity index (χ4n) is 2.11. The predicted octanol–water partition coefficient (Wildman–Crippen LogP) is 2.20. The summed E-state index contributed by atoms with van der Waals surface area (Å²) in [5.74, 6) is -1.02. The molecule has 2 rings (SSSR count). The van der Waals surface area contributed by atoms with E-state index in [1.165, 1.54) is 13.3 Å². The minimum atomic E-state index is -1.15. The van der Waals surface area contributed by atoms with Gasteiger partial charge in [-0.3, -0.25) is 9.48 Å². The summed E-state index contributed by atoms with van der Waals surface area (Å²) in [5.41, 5.74) is 0.505. The fourth-order valence-corrected chi connectivity index (χ4v) is 2.11. The number of methoxy groups -OCH3 is 1. The van der Waals surface area contributed by atoms with Crippen LogP contribution in [-0.4, -0.2) is 33.9 Å². The van der Waals surface area contributed by atoms with Gasteiger partial charge in [0.25, 0.3) is 5.91 Å². The van der Waals surface area contributed by atoms with Gasteiger partial charge < -0.3 is 15.2 Å². The van der Waals surface area contributed by atoms with E-state index in [4.69, 9.17) is 4.74 Å². The van der Waals surface area contributed by atoms with Crippen LogP contribution in [0.3, 0.4) is 0 Å². The SMILES string of the molecule is COc1ccc(C(NC(=O)c2cnn(C(C)(C)C)c2)C(=O)O)cc1. The molecule has 1 atom stereocenters. The smallest absolute Gasteiger partial charge is 0.330 e. The molecule has 2 aromatic rings. The maximum Gasteiger partial charge on any atom is 0.330 e. The van der Waals surface area contributed by atoms with Gasteiger partial charge in [-0.05, 0) is 38.5 Å². The van der Waals surface area contributed by atoms with Crippen molar-refractivity contribution >= 4 is 11.9 Å². The van der Waals surface area contributed by atoms with Gasteiger partial charge >= 0.3 is 5.97 Å². The van der Waals surface area contributed by atoms with Crippen LogP contribution in [0.15, 0.2) is 36.7 Å². The zero-order chi connectivity index (χ0) is 17.9. The number of nitrogens with zero attached hydrogens (tertiary/aromatic N) is 2. The normalized spacial score (nSPS) is 12.5. The lowest BCUT2D eigenvalue weighted by atomic mass is 10.1. The number of benzene rings is 1. The molecule has 0 spiro atoms. The Labute approximate surface area is 140 Å². The number of carboxylic acids is 1. The van der Waals surface area contributed by atoms with Crippen molar-refractivity contribution in [2.45, 2.75) is 32.4 Å². The van der Waals surface area contributed by atoms with Crippen molar-refractivity contribution < 1.29 is 19.4 Å². The van der Waals surface area contributed by atoms with E-state index in [0.29, 0.717) is 16.9 Å². The lowest BCUT2D eigenvalue weighted by Crippen LogP contribution is -2.33. The maximum atomic E-state index is 12.3. The molecule has 1 amide bonds. The van der Waals surface area contributed by atoms with Crippen molar-refractivity contribution in [3.63, 3.8) is 0 Å². The third-order valence-corrected chi connectivity index (χ3v) is 3.50. The molecule has 0 bridgehead atoms. The van der Waals surface area contributed by atoms with Crippen molar-refractivity contribution in [3.8, 4) is 5.75 Å². The van der Waals surface area contributed by atoms with Crippen molar-refractivity contribution in [1.29, 1.82) is 0 Å². The lowest BCUT2D eigenvalue weighted by Gasteiger charge is -2.18. The Balaban J connectivity index is 2.19. The highest BCUT2D eigenvalue weighted by Crippen LogP contribution is 2.19. The first-order chi connectivity index (χ1) is 11.2. The van der Waals surface area contributed by atoms with Crippen molar-refractivity contribution in [3.05, 3.63) is 47.8 Å². The summed E-state index contributed by atoms with van der Waals surface area (Å²) in [7, 11) is 1.53. The number of amides is 1. The molecule has 0 fully saturated rings. The number of rotatable bonds is 5. The summed E-state index contributed by atoms with van der Waals surface area (Å²) in [6, 6.07) is 5.36. The molecular formula is C17H21N3O4. The van der Waals surface area contributed by atoms with E-state index in [1.807, 2.05) is 20.8 Å². The first-order valence-electron chi connectivity index (χ1n) is 7.45. The molecule has 1 unspecified atom stereocenters. The van der Waals surface area contributed by atoms with E-state index in [-0.39, 0.29) is 5.54 Å². The molecule has 0 aliphatic rings. The van der Waals surface area contributed by atoms with Gasteiger partial charge in [0.2, 0.25) is 0 Å². The number of hydrogen-bond acceptors (Lipinski definition) is 4. The number of hydrogen-bond donors (Lipinski definition) is 2. The Hall–Kier alpha value is -2.83. The van der Waals surface area contributed by atoms with Gasteiger partial charge in [-0.15, -0.1) is 0 Å². The standard InChI is InChI=1S/C17H21N3O4/c1-17(2,3)20-10-12(9-18-20)15(21)19-14(16(22)23)11-5-7-13(24-4)8-6-11/h5-10,14H,1-4H3,(H,19,21)(H,22,23). The van der Waals surface area contributed by atoms with Crippen LogP contribution in [0, 0.1) is 0 Å². The largest absolute Gasteiger partial charge is 0.497 e. The van der Waals surface area contributed by atoms with Gasteiger partial charge in [-0.1, -0.05) is 12.1 Å². The molecule has 0 saturated heterocycles. The fraction of sp³-hybridized carbons (Fsp3) is 0.353. The molecule has 128 valence electrons. The van der Waals surface area contributed by atoms with Gasteiger partial charge in [0.1, 0.15) is 5.75 Å². The average Bonchev–Trinajstić information content (AvgIpc) is 3.02. The Bertz CT molecular complexity index is 729. The van der Waals surface area contributed by atoms with Crippen molar-refractivity contribution in [1.82, 2.24) is 15.1 Å². The Kier molecular flexibility index (Phi) is 4.92. The summed E-state index contributed by atoms with van der Waals surface area (Å²) < 4.78 is 6.71. The second-order valence-electron chi connectivity index (χ2n) is 6.36. The van der Waals surface area contributed by atoms with Crippen LogP contribution >= 0.6 is 0 Å². The Morgan fingerprint density at radius 2 is 1.88 bits per heavy atom. The highest BCUT2D eigenvalue weighted by molar-refractivity contribution is 5.96. The molecule has 1 aromatic heterocycles. The second kappa shape index (κ2) is 6.74. The monoisotopic (exact) mass is 331 g/mol. The Morgan fingerprint density at radius 1 is 1.25 bits per heavy atom. The highest BCUT2D eigenvalue weighted by atomic mass is 16.5. The molecule has 0 aliphatic carbocycles. The van der Waals surface area contributed by atoms with E-state index in [9.17, 15) is 14.7 Å². The van der Waals surface area contributed by atoms with Gasteiger partial charge in [0.05, 0.1) is 24.4 Å². The first kappa shape index (κ1) is 17.5. The minimum Gasteiger partial charge on any atom is -0.497 e. The van der Waals surface area contributed by atoms with Crippen molar-refractivity contribution in [2.75, 3.05) is 7.11 Å². The van der Waals surface area contributed by atoms with E-state index in [1.54, 1.807) is 35.1 Å². The van der Waals surface area contributed by atoms with E-state index in [2.05, 4.69) is 10.4 Å². The van der Waals surface area contributed by atoms with E-state index < -0.39 is 17.9 Å². The summed E-state index contributed by atoms with van der Waals surface area (Å²) in [6.45, 7) is 5.87. The first-order valence-corrected chi connectivity index (χ1v) is 7.45. The van der Waals surface area contributed by atoms with Gasteiger partial charge in [-0.2, -0.15) is 5.10 Å². The summed E-state index contributed by atoms with van der Waals surface area (Å²) in [4.78, 5) is 23.9. The Morgan fingerprint density at radius 3 is 2.33 bits per heavy atom. The number of ether oxygens (including phenoxy) is 1. The van der Waals surface area contributed by atoms with Gasteiger partial charge in [0, 0.05) is 6.20 Å². The molecule has 0 saturated carbocycles. The van der Waals surface area contributed by atoms with Crippen LogP contribution in [-0.2, 0) is 10.3 Å². The van der Waals surface area contributed by atoms with Crippen LogP contribution in [0.1, 0.15) is 42.7 Å². The topological polar surface area (TPSA) is 93.5 Å². The van der Waals surface area contributed by atoms with Crippen LogP contribution in [0.25, 0.3) is 0 Å². The molecule has 0 radical (unpaired) electrons. The van der Waals surface area contributed by atoms with E-state index >= 15 is 0 Å². The minimum absolute atomic E-state index is 0.263. The number of aliphatic carboxylic acids is 1. The number of carbonyl (C=O) groups is 2. The van der Waals surface area contributed by atoms with Crippen LogP contribution in [0.5, 0.6) is 5.75 Å². The average molecular weight is 331 g/mol. The van der Waals surface area contributed by atoms with Crippen LogP contribution < -0.4 is 10.1 Å². The van der Waals surface area contributed by atoms with Crippen LogP contribution in [0.4, 0.5) is 0 Å². The molecular weight excluding hydrogens is 310 g/mol. The quantitative estimate of drug-likeness (QED) is 0.876. The molecule has 1 heterocycles. The lowest BCUT2D eigenvalue weighted by molar-refractivity contribution is -0.139. The van der Waals surface area contributed by atoms with E-state index in [0.717, 1.165) is 0 Å². The number of aromatic nitrogens is 2. The van der Waals surface area contributed by atoms with Gasteiger partial charge in [-0.25, -0.2) is 4.79 Å². The maximum absolute atomic E-state index is 12.3. The molecule has 0 aliphatic heterocycles. The van der Waals surface area contributed by atoms with Crippen LogP contribution in [0.2, 0.25) is 0 Å². The molecule has 24 heavy (non-hydrogen) atoms. The third kappa shape index (κ3) is 3.92. The van der Waals surface area contributed by atoms with Gasteiger partial charge in [0.15, 0.2) is 6.04 Å². The zero-order valence-corrected chi connectivity index (χ0v) is 14.1. The molecule has 1 aromatic carbocycles.